The molecule has 1 aliphatic heterocycles. The zero-order valence-corrected chi connectivity index (χ0v) is 12.7. The largest absolute Gasteiger partial charge is 0.391 e. The molecule has 1 aromatic carbocycles. The topological polar surface area (TPSA) is 40.5 Å². The number of thiophene rings is 1. The molecule has 1 saturated heterocycles. The fraction of sp³-hybridized carbons (Fsp3) is 0.471. The van der Waals surface area contributed by atoms with Crippen LogP contribution in [0.15, 0.2) is 29.6 Å². The highest BCUT2D eigenvalue weighted by Crippen LogP contribution is 2.44. The molecule has 2 aromatic rings. The molecule has 2 aliphatic rings. The number of fused-ring (bicyclic) bond motifs is 1. The summed E-state index contributed by atoms with van der Waals surface area (Å²) in [5, 5.41) is 13.4. The van der Waals surface area contributed by atoms with Crippen LogP contribution in [0.5, 0.6) is 0 Å². The molecule has 4 rings (SSSR count). The number of benzene rings is 1. The van der Waals surface area contributed by atoms with Gasteiger partial charge in [0.25, 0.3) is 5.91 Å². The smallest absolute Gasteiger partial charge is 0.255 e. The summed E-state index contributed by atoms with van der Waals surface area (Å²) < 4.78 is 1.15. The van der Waals surface area contributed by atoms with Crippen molar-refractivity contribution in [1.29, 1.82) is 0 Å². The average molecular weight is 301 g/mol. The van der Waals surface area contributed by atoms with Crippen LogP contribution in [-0.2, 0) is 0 Å². The maximum atomic E-state index is 13.1. The van der Waals surface area contributed by atoms with Crippen LogP contribution in [0.1, 0.15) is 42.5 Å². The first-order valence-corrected chi connectivity index (χ1v) is 8.57. The van der Waals surface area contributed by atoms with E-state index in [-0.39, 0.29) is 17.6 Å². The molecule has 1 amide bonds. The summed E-state index contributed by atoms with van der Waals surface area (Å²) in [4.78, 5) is 15.0. The zero-order chi connectivity index (χ0) is 14.4. The number of aliphatic hydroxyl groups is 1. The quantitative estimate of drug-likeness (QED) is 0.877. The molecule has 3 nitrogen and oxygen atoms in total. The van der Waals surface area contributed by atoms with Crippen molar-refractivity contribution in [3.63, 3.8) is 0 Å². The lowest BCUT2D eigenvalue weighted by Gasteiger charge is -2.37. The summed E-state index contributed by atoms with van der Waals surface area (Å²) in [5.41, 5.74) is 0.510. The van der Waals surface area contributed by atoms with Crippen molar-refractivity contribution in [2.24, 2.45) is 0 Å². The first kappa shape index (κ1) is 13.3. The van der Waals surface area contributed by atoms with Gasteiger partial charge in [-0.2, -0.15) is 0 Å². The third kappa shape index (κ3) is 1.86. The Morgan fingerprint density at radius 2 is 2.05 bits per heavy atom. The first-order valence-electron chi connectivity index (χ1n) is 7.69. The van der Waals surface area contributed by atoms with E-state index < -0.39 is 0 Å². The Labute approximate surface area is 128 Å². The van der Waals surface area contributed by atoms with Gasteiger partial charge in [0.1, 0.15) is 0 Å². The normalized spacial score (nSPS) is 24.2. The Kier molecular flexibility index (Phi) is 3.05. The molecule has 1 saturated carbocycles. The third-order valence-electron chi connectivity index (χ3n) is 5.21. The van der Waals surface area contributed by atoms with Gasteiger partial charge in [0.05, 0.1) is 17.2 Å². The molecular weight excluding hydrogens is 282 g/mol. The monoisotopic (exact) mass is 301 g/mol. The van der Waals surface area contributed by atoms with Gasteiger partial charge in [-0.15, -0.1) is 11.3 Å². The molecule has 0 bridgehead atoms. The van der Waals surface area contributed by atoms with Crippen molar-refractivity contribution in [3.05, 3.63) is 35.2 Å². The van der Waals surface area contributed by atoms with E-state index >= 15 is 0 Å². The second-order valence-electron chi connectivity index (χ2n) is 6.22. The Morgan fingerprint density at radius 3 is 2.86 bits per heavy atom. The highest BCUT2D eigenvalue weighted by Gasteiger charge is 2.51. The molecule has 1 atom stereocenters. The van der Waals surface area contributed by atoms with Crippen molar-refractivity contribution < 1.29 is 9.90 Å². The Morgan fingerprint density at radius 1 is 1.29 bits per heavy atom. The van der Waals surface area contributed by atoms with Gasteiger partial charge in [-0.05, 0) is 25.3 Å². The van der Waals surface area contributed by atoms with Crippen LogP contribution in [0.25, 0.3) is 10.1 Å². The lowest BCUT2D eigenvalue weighted by molar-refractivity contribution is 0.0262. The minimum Gasteiger partial charge on any atom is -0.391 e. The summed E-state index contributed by atoms with van der Waals surface area (Å²) in [7, 11) is 0. The van der Waals surface area contributed by atoms with E-state index in [0.29, 0.717) is 13.0 Å². The molecule has 2 fully saturated rings. The molecule has 0 radical (unpaired) electrons. The lowest BCUT2D eigenvalue weighted by Crippen LogP contribution is -2.50. The van der Waals surface area contributed by atoms with Gasteiger partial charge in [-0.25, -0.2) is 0 Å². The van der Waals surface area contributed by atoms with Crippen molar-refractivity contribution in [1.82, 2.24) is 4.90 Å². The number of aliphatic hydroxyl groups excluding tert-OH is 1. The Bertz CT molecular complexity index is 687. The number of hydrogen-bond donors (Lipinski definition) is 1. The van der Waals surface area contributed by atoms with Gasteiger partial charge < -0.3 is 10.0 Å². The van der Waals surface area contributed by atoms with Crippen molar-refractivity contribution >= 4 is 27.3 Å². The zero-order valence-electron chi connectivity index (χ0n) is 11.9. The number of carbonyl (C=O) groups is 1. The molecular formula is C17H19NO2S. The minimum absolute atomic E-state index is 0.103. The third-order valence-corrected chi connectivity index (χ3v) is 6.17. The van der Waals surface area contributed by atoms with E-state index in [9.17, 15) is 9.90 Å². The second-order valence-corrected chi connectivity index (χ2v) is 7.13. The fourth-order valence-corrected chi connectivity index (χ4v) is 5.04. The molecule has 1 aliphatic carbocycles. The van der Waals surface area contributed by atoms with Crippen molar-refractivity contribution in [3.8, 4) is 0 Å². The summed E-state index contributed by atoms with van der Waals surface area (Å²) in [6.45, 7) is 0.685. The van der Waals surface area contributed by atoms with Gasteiger partial charge in [-0.3, -0.25) is 4.79 Å². The molecule has 0 unspecified atom stereocenters. The Hall–Kier alpha value is -1.39. The van der Waals surface area contributed by atoms with E-state index in [2.05, 4.69) is 6.07 Å². The van der Waals surface area contributed by atoms with Gasteiger partial charge in [-0.1, -0.05) is 31.0 Å². The van der Waals surface area contributed by atoms with Crippen LogP contribution in [0.2, 0.25) is 0 Å². The second kappa shape index (κ2) is 4.82. The number of hydrogen-bond acceptors (Lipinski definition) is 3. The van der Waals surface area contributed by atoms with Crippen molar-refractivity contribution in [2.45, 2.75) is 43.7 Å². The maximum Gasteiger partial charge on any atom is 0.255 e. The summed E-state index contributed by atoms with van der Waals surface area (Å²) in [6, 6.07) is 8.06. The molecule has 21 heavy (non-hydrogen) atoms. The fourth-order valence-electron chi connectivity index (χ4n) is 4.11. The van der Waals surface area contributed by atoms with Gasteiger partial charge in [0, 0.05) is 22.0 Å². The summed E-state index contributed by atoms with van der Waals surface area (Å²) >= 11 is 1.62. The molecule has 110 valence electrons. The predicted octanol–water partition coefficient (Wildman–Crippen LogP) is 3.42. The summed E-state index contributed by atoms with van der Waals surface area (Å²) in [6.07, 6.45) is 4.49. The van der Waals surface area contributed by atoms with E-state index in [0.717, 1.165) is 41.3 Å². The van der Waals surface area contributed by atoms with Crippen molar-refractivity contribution in [2.75, 3.05) is 6.54 Å². The number of amides is 1. The van der Waals surface area contributed by atoms with Crippen LogP contribution in [0.4, 0.5) is 0 Å². The SMILES string of the molecule is O=C(c1csc2ccccc12)N1CC[C@H](O)C12CCCC2. The molecule has 2 heterocycles. The summed E-state index contributed by atoms with van der Waals surface area (Å²) in [5.74, 6) is 0.103. The number of rotatable bonds is 1. The van der Waals surface area contributed by atoms with E-state index in [1.54, 1.807) is 11.3 Å². The highest BCUT2D eigenvalue weighted by molar-refractivity contribution is 7.17. The molecule has 1 aromatic heterocycles. The van der Waals surface area contributed by atoms with Crippen LogP contribution in [0.3, 0.4) is 0 Å². The molecule has 4 heteroatoms. The van der Waals surface area contributed by atoms with Crippen LogP contribution >= 0.6 is 11.3 Å². The average Bonchev–Trinajstić information content (AvgIpc) is 3.21. The highest BCUT2D eigenvalue weighted by atomic mass is 32.1. The van der Waals surface area contributed by atoms with Crippen LogP contribution in [-0.4, -0.2) is 34.1 Å². The van der Waals surface area contributed by atoms with E-state index in [1.165, 1.54) is 0 Å². The van der Waals surface area contributed by atoms with Crippen LogP contribution < -0.4 is 0 Å². The van der Waals surface area contributed by atoms with Gasteiger partial charge in [0.15, 0.2) is 0 Å². The number of likely N-dealkylation sites (tertiary alicyclic amines) is 1. The first-order chi connectivity index (χ1) is 10.2. The predicted molar refractivity (Wildman–Crippen MR) is 84.7 cm³/mol. The lowest BCUT2D eigenvalue weighted by atomic mass is 9.91. The minimum atomic E-state index is -0.353. The molecule has 1 spiro atoms. The van der Waals surface area contributed by atoms with Gasteiger partial charge in [0.2, 0.25) is 0 Å². The maximum absolute atomic E-state index is 13.1. The number of nitrogens with zero attached hydrogens (tertiary/aromatic N) is 1. The van der Waals surface area contributed by atoms with E-state index in [1.807, 2.05) is 28.5 Å². The van der Waals surface area contributed by atoms with Gasteiger partial charge >= 0.3 is 0 Å². The van der Waals surface area contributed by atoms with E-state index in [4.69, 9.17) is 0 Å². The Balaban J connectivity index is 1.74. The number of carbonyl (C=O) groups excluding carboxylic acids is 1. The van der Waals surface area contributed by atoms with Crippen LogP contribution in [0, 0.1) is 0 Å². The molecule has 1 N–H and O–H groups in total. The standard InChI is InChI=1S/C17H19NO2S/c19-15-7-10-18(17(15)8-3-4-9-17)16(20)13-11-21-14-6-2-1-5-12(13)14/h1-2,5-6,11,15,19H,3-4,7-10H2/t15-/m0/s1.